The van der Waals surface area contributed by atoms with Crippen molar-refractivity contribution in [2.75, 3.05) is 5.32 Å². The molecule has 160 valence electrons. The lowest BCUT2D eigenvalue weighted by molar-refractivity contribution is -0.137. The summed E-state index contributed by atoms with van der Waals surface area (Å²) in [6.45, 7) is 2.06. The van der Waals surface area contributed by atoms with Gasteiger partial charge in [-0.2, -0.15) is 13.2 Å². The van der Waals surface area contributed by atoms with Crippen LogP contribution in [0.3, 0.4) is 0 Å². The van der Waals surface area contributed by atoms with E-state index in [-0.39, 0.29) is 11.4 Å². The number of hydrogen-bond donors (Lipinski definition) is 2. The van der Waals surface area contributed by atoms with Crippen LogP contribution in [0.25, 0.3) is 11.3 Å². The van der Waals surface area contributed by atoms with Crippen molar-refractivity contribution in [3.8, 4) is 11.3 Å². The summed E-state index contributed by atoms with van der Waals surface area (Å²) in [6.07, 6.45) is -0.645. The van der Waals surface area contributed by atoms with Gasteiger partial charge in [0.2, 0.25) is 10.0 Å². The molecule has 0 aliphatic heterocycles. The molecule has 0 saturated carbocycles. The van der Waals surface area contributed by atoms with Gasteiger partial charge in [0.15, 0.2) is 0 Å². The summed E-state index contributed by atoms with van der Waals surface area (Å²) in [6, 6.07) is 7.87. The Hall–Kier alpha value is -2.85. The molecule has 3 aromatic rings. The van der Waals surface area contributed by atoms with Crippen molar-refractivity contribution in [2.45, 2.75) is 31.0 Å². The second-order valence-corrected chi connectivity index (χ2v) is 8.37. The smallest absolute Gasteiger partial charge is 0.380 e. The van der Waals surface area contributed by atoms with E-state index in [1.807, 2.05) is 6.92 Å². The van der Waals surface area contributed by atoms with Crippen LogP contribution in [0.15, 0.2) is 53.8 Å². The molecule has 0 radical (unpaired) electrons. The van der Waals surface area contributed by atoms with Crippen LogP contribution in [0, 0.1) is 0 Å². The number of hydrogen-bond acceptors (Lipinski definition) is 4. The molecule has 0 bridgehead atoms. The Kier molecular flexibility index (Phi) is 5.91. The monoisotopic (exact) mass is 438 g/mol. The molecule has 6 nitrogen and oxygen atoms in total. The van der Waals surface area contributed by atoms with Crippen molar-refractivity contribution in [2.24, 2.45) is 12.2 Å². The third-order valence-corrected chi connectivity index (χ3v) is 5.65. The fourth-order valence-electron chi connectivity index (χ4n) is 3.24. The predicted octanol–water partition coefficient (Wildman–Crippen LogP) is 3.93. The summed E-state index contributed by atoms with van der Waals surface area (Å²) in [7, 11) is -2.15. The molecule has 0 saturated heterocycles. The minimum Gasteiger partial charge on any atom is -0.380 e. The van der Waals surface area contributed by atoms with Crippen LogP contribution in [0.2, 0.25) is 0 Å². The maximum Gasteiger partial charge on any atom is 0.416 e. The SMILES string of the molecule is CCc1c(S(N)(=O)=O)ccc(NCc2ccc(C(F)(F)F)cc2)c1-c1cn(C)cn1. The maximum absolute atomic E-state index is 12.7. The lowest BCUT2D eigenvalue weighted by Gasteiger charge is -2.17. The summed E-state index contributed by atoms with van der Waals surface area (Å²) in [4.78, 5) is 4.35. The zero-order chi connectivity index (χ0) is 22.1. The summed E-state index contributed by atoms with van der Waals surface area (Å²) in [5, 5.41) is 8.57. The first-order valence-electron chi connectivity index (χ1n) is 9.07. The quantitative estimate of drug-likeness (QED) is 0.610. The highest BCUT2D eigenvalue weighted by molar-refractivity contribution is 7.89. The largest absolute Gasteiger partial charge is 0.416 e. The Morgan fingerprint density at radius 2 is 1.80 bits per heavy atom. The number of nitrogens with zero attached hydrogens (tertiary/aromatic N) is 2. The Balaban J connectivity index is 2.00. The van der Waals surface area contributed by atoms with Gasteiger partial charge in [0, 0.05) is 31.0 Å². The minimum atomic E-state index is -4.39. The van der Waals surface area contributed by atoms with Crippen LogP contribution in [0.5, 0.6) is 0 Å². The molecule has 1 heterocycles. The first-order valence-corrected chi connectivity index (χ1v) is 10.6. The molecule has 0 unspecified atom stereocenters. The lowest BCUT2D eigenvalue weighted by atomic mass is 10.00. The molecule has 3 rings (SSSR count). The molecule has 0 amide bonds. The van der Waals surface area contributed by atoms with Gasteiger partial charge >= 0.3 is 6.18 Å². The third kappa shape index (κ3) is 4.65. The van der Waals surface area contributed by atoms with Gasteiger partial charge in [-0.05, 0) is 41.8 Å². The van der Waals surface area contributed by atoms with E-state index in [4.69, 9.17) is 5.14 Å². The van der Waals surface area contributed by atoms with Crippen molar-refractivity contribution in [1.29, 1.82) is 0 Å². The average molecular weight is 438 g/mol. The summed E-state index contributed by atoms with van der Waals surface area (Å²) < 4.78 is 64.1. The Bertz CT molecular complexity index is 1150. The van der Waals surface area contributed by atoms with Gasteiger partial charge in [0.25, 0.3) is 0 Å². The van der Waals surface area contributed by atoms with E-state index in [1.165, 1.54) is 18.2 Å². The molecular weight excluding hydrogens is 417 g/mol. The van der Waals surface area contributed by atoms with E-state index >= 15 is 0 Å². The molecule has 30 heavy (non-hydrogen) atoms. The van der Waals surface area contributed by atoms with E-state index in [2.05, 4.69) is 10.3 Å². The first kappa shape index (κ1) is 21.8. The number of benzene rings is 2. The Labute approximate surface area is 172 Å². The predicted molar refractivity (Wildman–Crippen MR) is 108 cm³/mol. The van der Waals surface area contributed by atoms with E-state index in [0.717, 1.165) is 12.1 Å². The number of nitrogens with one attached hydrogen (secondary N) is 1. The summed E-state index contributed by atoms with van der Waals surface area (Å²) in [5.41, 5.74) is 2.22. The Morgan fingerprint density at radius 3 is 2.30 bits per heavy atom. The number of sulfonamides is 1. The molecule has 0 fully saturated rings. The molecule has 0 aliphatic carbocycles. The zero-order valence-corrected chi connectivity index (χ0v) is 17.2. The number of aryl methyl sites for hydroxylation is 1. The molecule has 0 atom stereocenters. The van der Waals surface area contributed by atoms with Gasteiger partial charge in [-0.1, -0.05) is 19.1 Å². The standard InChI is InChI=1S/C20H21F3N4O2S/c1-3-15-18(30(24,28)29)9-8-16(19(15)17-11-27(2)12-26-17)25-10-13-4-6-14(7-5-13)20(21,22)23/h4-9,11-12,25H,3,10H2,1-2H3,(H2,24,28,29). The number of primary sulfonamides is 1. The lowest BCUT2D eigenvalue weighted by Crippen LogP contribution is -2.16. The van der Waals surface area contributed by atoms with Crippen LogP contribution < -0.4 is 10.5 Å². The first-order chi connectivity index (χ1) is 14.0. The number of alkyl halides is 3. The zero-order valence-electron chi connectivity index (χ0n) is 16.4. The number of rotatable bonds is 6. The van der Waals surface area contributed by atoms with Gasteiger partial charge < -0.3 is 9.88 Å². The van der Waals surface area contributed by atoms with E-state index in [1.54, 1.807) is 30.2 Å². The number of halogens is 3. The molecule has 1 aromatic heterocycles. The Morgan fingerprint density at radius 1 is 1.13 bits per heavy atom. The molecule has 10 heteroatoms. The number of nitrogens with two attached hydrogens (primary N) is 1. The normalized spacial score (nSPS) is 12.2. The van der Waals surface area contributed by atoms with Gasteiger partial charge in [-0.3, -0.25) is 0 Å². The van der Waals surface area contributed by atoms with Crippen LogP contribution in [0.1, 0.15) is 23.6 Å². The van der Waals surface area contributed by atoms with Gasteiger partial charge in [0.05, 0.1) is 22.5 Å². The van der Waals surface area contributed by atoms with Crippen molar-refractivity contribution in [3.05, 3.63) is 65.6 Å². The fourth-order valence-corrected chi connectivity index (χ4v) is 4.08. The van der Waals surface area contributed by atoms with Crippen molar-refractivity contribution >= 4 is 15.7 Å². The number of anilines is 1. The van der Waals surface area contributed by atoms with Crippen molar-refractivity contribution < 1.29 is 21.6 Å². The van der Waals surface area contributed by atoms with E-state index < -0.39 is 21.8 Å². The van der Waals surface area contributed by atoms with E-state index in [0.29, 0.717) is 34.5 Å². The van der Waals surface area contributed by atoms with Crippen LogP contribution in [-0.2, 0) is 36.2 Å². The third-order valence-electron chi connectivity index (χ3n) is 4.66. The van der Waals surface area contributed by atoms with Crippen LogP contribution in [-0.4, -0.2) is 18.0 Å². The molecule has 0 spiro atoms. The average Bonchev–Trinajstić information content (AvgIpc) is 3.10. The highest BCUT2D eigenvalue weighted by Crippen LogP contribution is 2.35. The highest BCUT2D eigenvalue weighted by atomic mass is 32.2. The van der Waals surface area contributed by atoms with Gasteiger partial charge in [-0.15, -0.1) is 0 Å². The highest BCUT2D eigenvalue weighted by Gasteiger charge is 2.30. The summed E-state index contributed by atoms with van der Waals surface area (Å²) in [5.74, 6) is 0. The number of aromatic nitrogens is 2. The fraction of sp³-hybridized carbons (Fsp3) is 0.250. The molecular formula is C20H21F3N4O2S. The van der Waals surface area contributed by atoms with Crippen molar-refractivity contribution in [3.63, 3.8) is 0 Å². The second kappa shape index (κ2) is 8.11. The summed E-state index contributed by atoms with van der Waals surface area (Å²) >= 11 is 0. The minimum absolute atomic E-state index is 0.0192. The molecule has 3 N–H and O–H groups in total. The molecule has 0 aliphatic rings. The number of imidazole rings is 1. The van der Waals surface area contributed by atoms with Gasteiger partial charge in [0.1, 0.15) is 0 Å². The van der Waals surface area contributed by atoms with Crippen LogP contribution >= 0.6 is 0 Å². The van der Waals surface area contributed by atoms with Crippen LogP contribution in [0.4, 0.5) is 18.9 Å². The van der Waals surface area contributed by atoms with E-state index in [9.17, 15) is 21.6 Å². The topological polar surface area (TPSA) is 90.0 Å². The molecule has 2 aromatic carbocycles. The van der Waals surface area contributed by atoms with Crippen molar-refractivity contribution in [1.82, 2.24) is 9.55 Å². The maximum atomic E-state index is 12.7. The van der Waals surface area contributed by atoms with Gasteiger partial charge in [-0.25, -0.2) is 18.5 Å². The second-order valence-electron chi connectivity index (χ2n) is 6.84.